The molecule has 0 saturated carbocycles. The van der Waals surface area contributed by atoms with Crippen molar-refractivity contribution in [1.82, 2.24) is 10.2 Å². The molecule has 0 saturated heterocycles. The Bertz CT molecular complexity index is 686. The summed E-state index contributed by atoms with van der Waals surface area (Å²) in [5.41, 5.74) is 11.4. The summed E-state index contributed by atoms with van der Waals surface area (Å²) in [6.45, 7) is 0.667. The second-order valence-electron chi connectivity index (χ2n) is 4.76. The molecule has 0 fully saturated rings. The van der Waals surface area contributed by atoms with Gasteiger partial charge in [0.15, 0.2) is 0 Å². The number of nitrogens with zero attached hydrogens (tertiary/aromatic N) is 1. The Morgan fingerprint density at radius 2 is 1.75 bits per heavy atom. The van der Waals surface area contributed by atoms with Crippen molar-refractivity contribution in [3.8, 4) is 22.4 Å². The number of aromatic nitrogens is 2. The van der Waals surface area contributed by atoms with Crippen molar-refractivity contribution < 1.29 is 0 Å². The molecule has 0 aliphatic rings. The molecular formula is C17H17N3. The second kappa shape index (κ2) is 5.72. The van der Waals surface area contributed by atoms with Gasteiger partial charge in [-0.15, -0.1) is 0 Å². The van der Waals surface area contributed by atoms with Gasteiger partial charge in [0.2, 0.25) is 0 Å². The fraction of sp³-hybridized carbons (Fsp3) is 0.118. The zero-order valence-electron chi connectivity index (χ0n) is 11.2. The Hall–Kier alpha value is -2.39. The van der Waals surface area contributed by atoms with Crippen molar-refractivity contribution >= 4 is 0 Å². The lowest BCUT2D eigenvalue weighted by molar-refractivity contribution is 0.969. The van der Waals surface area contributed by atoms with Crippen molar-refractivity contribution in [3.63, 3.8) is 0 Å². The molecule has 0 radical (unpaired) electrons. The monoisotopic (exact) mass is 263 g/mol. The van der Waals surface area contributed by atoms with Crippen LogP contribution in [0.3, 0.4) is 0 Å². The predicted octanol–water partition coefficient (Wildman–Crippen LogP) is 3.24. The number of nitrogens with one attached hydrogen (secondary N) is 1. The van der Waals surface area contributed by atoms with Crippen molar-refractivity contribution in [2.75, 3.05) is 6.54 Å². The van der Waals surface area contributed by atoms with Gasteiger partial charge in [-0.3, -0.25) is 5.10 Å². The third-order valence-electron chi connectivity index (χ3n) is 3.37. The fourth-order valence-corrected chi connectivity index (χ4v) is 2.39. The van der Waals surface area contributed by atoms with Crippen LogP contribution < -0.4 is 5.73 Å². The number of rotatable bonds is 4. The molecule has 0 spiro atoms. The summed E-state index contributed by atoms with van der Waals surface area (Å²) in [5, 5.41) is 7.30. The minimum atomic E-state index is 0.667. The van der Waals surface area contributed by atoms with Gasteiger partial charge in [-0.1, -0.05) is 54.6 Å². The normalized spacial score (nSPS) is 10.7. The highest BCUT2D eigenvalue weighted by molar-refractivity contribution is 5.80. The van der Waals surface area contributed by atoms with E-state index < -0.39 is 0 Å². The molecule has 1 heterocycles. The number of hydrogen-bond acceptors (Lipinski definition) is 2. The molecular weight excluding hydrogens is 246 g/mol. The molecule has 0 bridgehead atoms. The van der Waals surface area contributed by atoms with Crippen LogP contribution in [0.5, 0.6) is 0 Å². The van der Waals surface area contributed by atoms with Gasteiger partial charge in [0.25, 0.3) is 0 Å². The van der Waals surface area contributed by atoms with Crippen LogP contribution in [0.25, 0.3) is 22.4 Å². The molecule has 3 aromatic rings. The van der Waals surface area contributed by atoms with E-state index in [-0.39, 0.29) is 0 Å². The highest BCUT2D eigenvalue weighted by Crippen LogP contribution is 2.30. The van der Waals surface area contributed by atoms with E-state index in [2.05, 4.69) is 46.6 Å². The van der Waals surface area contributed by atoms with E-state index in [0.717, 1.165) is 23.2 Å². The van der Waals surface area contributed by atoms with Gasteiger partial charge in [0.1, 0.15) is 0 Å². The maximum absolute atomic E-state index is 5.63. The highest BCUT2D eigenvalue weighted by Gasteiger charge is 2.09. The van der Waals surface area contributed by atoms with E-state index in [9.17, 15) is 0 Å². The van der Waals surface area contributed by atoms with Crippen molar-refractivity contribution in [2.24, 2.45) is 5.73 Å². The van der Waals surface area contributed by atoms with Crippen LogP contribution in [-0.4, -0.2) is 16.7 Å². The summed E-state index contributed by atoms with van der Waals surface area (Å²) in [5.74, 6) is 0. The van der Waals surface area contributed by atoms with Gasteiger partial charge in [-0.05, 0) is 24.1 Å². The maximum atomic E-state index is 5.63. The van der Waals surface area contributed by atoms with Gasteiger partial charge < -0.3 is 5.73 Å². The molecule has 0 unspecified atom stereocenters. The van der Waals surface area contributed by atoms with Gasteiger partial charge >= 0.3 is 0 Å². The van der Waals surface area contributed by atoms with E-state index in [4.69, 9.17) is 5.73 Å². The quantitative estimate of drug-likeness (QED) is 0.759. The standard InChI is InChI=1S/C17H17N3/c18-10-9-13-5-4-8-15(11-13)16-12-19-20-17(16)14-6-2-1-3-7-14/h1-8,11-12H,9-10,18H2,(H,19,20). The predicted molar refractivity (Wildman–Crippen MR) is 82.2 cm³/mol. The minimum Gasteiger partial charge on any atom is -0.330 e. The molecule has 0 atom stereocenters. The van der Waals surface area contributed by atoms with E-state index in [1.54, 1.807) is 0 Å². The summed E-state index contributed by atoms with van der Waals surface area (Å²) >= 11 is 0. The molecule has 3 heteroatoms. The number of H-pyrrole nitrogens is 1. The number of hydrogen-bond donors (Lipinski definition) is 2. The molecule has 0 amide bonds. The van der Waals surface area contributed by atoms with Crippen LogP contribution in [0.2, 0.25) is 0 Å². The van der Waals surface area contributed by atoms with E-state index >= 15 is 0 Å². The van der Waals surface area contributed by atoms with Crippen molar-refractivity contribution in [2.45, 2.75) is 6.42 Å². The molecule has 2 aromatic carbocycles. The van der Waals surface area contributed by atoms with Crippen LogP contribution in [0.1, 0.15) is 5.56 Å². The Balaban J connectivity index is 2.04. The Morgan fingerprint density at radius 3 is 2.55 bits per heavy atom. The van der Waals surface area contributed by atoms with Crippen molar-refractivity contribution in [1.29, 1.82) is 0 Å². The van der Waals surface area contributed by atoms with Crippen molar-refractivity contribution in [3.05, 3.63) is 66.4 Å². The molecule has 1 aromatic heterocycles. The topological polar surface area (TPSA) is 54.7 Å². The van der Waals surface area contributed by atoms with Gasteiger partial charge in [0, 0.05) is 11.1 Å². The lowest BCUT2D eigenvalue weighted by atomic mass is 9.99. The molecule has 100 valence electrons. The summed E-state index contributed by atoms with van der Waals surface area (Å²) in [6, 6.07) is 18.7. The number of aromatic amines is 1. The van der Waals surface area contributed by atoms with E-state index in [1.807, 2.05) is 24.4 Å². The first-order valence-electron chi connectivity index (χ1n) is 6.76. The summed E-state index contributed by atoms with van der Waals surface area (Å²) in [7, 11) is 0. The fourth-order valence-electron chi connectivity index (χ4n) is 2.39. The van der Waals surface area contributed by atoms with Crippen LogP contribution in [0.4, 0.5) is 0 Å². The van der Waals surface area contributed by atoms with Crippen LogP contribution in [0, 0.1) is 0 Å². The van der Waals surface area contributed by atoms with Crippen LogP contribution >= 0.6 is 0 Å². The minimum absolute atomic E-state index is 0.667. The summed E-state index contributed by atoms with van der Waals surface area (Å²) in [6.07, 6.45) is 2.77. The SMILES string of the molecule is NCCc1cccc(-c2cn[nH]c2-c2ccccc2)c1. The van der Waals surface area contributed by atoms with E-state index in [0.29, 0.717) is 6.54 Å². The van der Waals surface area contributed by atoms with Gasteiger partial charge in [0.05, 0.1) is 11.9 Å². The molecule has 0 aliphatic carbocycles. The molecule has 0 aliphatic heterocycles. The zero-order chi connectivity index (χ0) is 13.8. The second-order valence-corrected chi connectivity index (χ2v) is 4.76. The lowest BCUT2D eigenvalue weighted by Gasteiger charge is -2.06. The van der Waals surface area contributed by atoms with Crippen LogP contribution in [0.15, 0.2) is 60.8 Å². The number of benzene rings is 2. The first-order chi connectivity index (χ1) is 9.88. The summed E-state index contributed by atoms with van der Waals surface area (Å²) in [4.78, 5) is 0. The summed E-state index contributed by atoms with van der Waals surface area (Å²) < 4.78 is 0. The van der Waals surface area contributed by atoms with Gasteiger partial charge in [-0.2, -0.15) is 5.10 Å². The first-order valence-corrected chi connectivity index (χ1v) is 6.76. The average molecular weight is 263 g/mol. The average Bonchev–Trinajstić information content (AvgIpc) is 2.98. The maximum Gasteiger partial charge on any atom is 0.0728 e. The lowest BCUT2D eigenvalue weighted by Crippen LogP contribution is -2.02. The Labute approximate surface area is 118 Å². The largest absolute Gasteiger partial charge is 0.330 e. The molecule has 20 heavy (non-hydrogen) atoms. The molecule has 3 nitrogen and oxygen atoms in total. The van der Waals surface area contributed by atoms with Gasteiger partial charge in [-0.25, -0.2) is 0 Å². The smallest absolute Gasteiger partial charge is 0.0728 e. The zero-order valence-corrected chi connectivity index (χ0v) is 11.2. The number of nitrogens with two attached hydrogens (primary N) is 1. The third-order valence-corrected chi connectivity index (χ3v) is 3.37. The first kappa shape index (κ1) is 12.6. The highest BCUT2D eigenvalue weighted by atomic mass is 15.1. The Morgan fingerprint density at radius 1 is 0.950 bits per heavy atom. The molecule has 3 N–H and O–H groups in total. The molecule has 3 rings (SSSR count). The Kier molecular flexibility index (Phi) is 3.61. The van der Waals surface area contributed by atoms with E-state index in [1.165, 1.54) is 11.1 Å². The van der Waals surface area contributed by atoms with Crippen LogP contribution in [-0.2, 0) is 6.42 Å². The third kappa shape index (κ3) is 2.49.